The van der Waals surface area contributed by atoms with E-state index in [9.17, 15) is 0 Å². The summed E-state index contributed by atoms with van der Waals surface area (Å²) in [5.74, 6) is 4.79. The van der Waals surface area contributed by atoms with Crippen molar-refractivity contribution >= 4 is 104 Å². The number of fused-ring (bicyclic) bond motifs is 5. The number of hydrogen-bond donors (Lipinski definition) is 2. The molecule has 6 heterocycles. The average Bonchev–Trinajstić information content (AvgIpc) is 3.87. The van der Waals surface area contributed by atoms with Crippen LogP contribution < -0.4 is 10.7 Å². The van der Waals surface area contributed by atoms with E-state index in [-0.39, 0.29) is 0 Å². The second-order valence-corrected chi connectivity index (χ2v) is 17.4. The number of H-pyrrole nitrogens is 2. The van der Waals surface area contributed by atoms with Crippen molar-refractivity contribution in [1.29, 1.82) is 0 Å². The molecule has 222 valence electrons. The third-order valence-corrected chi connectivity index (χ3v) is 16.3. The maximum absolute atomic E-state index is 4.46. The topological polar surface area (TPSA) is 31.6 Å². The van der Waals surface area contributed by atoms with E-state index in [1.807, 2.05) is 69.7 Å². The maximum atomic E-state index is 4.46. The van der Waals surface area contributed by atoms with E-state index in [0.29, 0.717) is 0 Å². The highest BCUT2D eigenvalue weighted by Gasteiger charge is 2.21. The smallest absolute Gasteiger partial charge is 0.0710 e. The SMILES string of the molecule is C=c1[nH]c2c(ccc3c(-c4ccc(-c5scc6c5SCCS6)cc4)c(=CC)[nH]c32)c1-c1ccc(-c2scc3c2SCCS3)cc1. The molecule has 0 amide bonds. The second-order valence-electron chi connectivity index (χ2n) is 11.2. The summed E-state index contributed by atoms with van der Waals surface area (Å²) in [6.07, 6.45) is 2.19. The molecule has 0 fully saturated rings. The minimum atomic E-state index is 0.948. The first kappa shape index (κ1) is 28.5. The van der Waals surface area contributed by atoms with E-state index >= 15 is 0 Å². The highest BCUT2D eigenvalue weighted by Crippen LogP contribution is 2.48. The Kier molecular flexibility index (Phi) is 7.29. The van der Waals surface area contributed by atoms with Gasteiger partial charge in [-0.3, -0.25) is 0 Å². The predicted octanol–water partition coefficient (Wildman–Crippen LogP) is 11.0. The second kappa shape index (κ2) is 11.5. The molecule has 2 aliphatic rings. The normalized spacial score (nSPS) is 15.2. The zero-order valence-corrected chi connectivity index (χ0v) is 29.4. The van der Waals surface area contributed by atoms with Gasteiger partial charge in [0.2, 0.25) is 0 Å². The number of thiophene rings is 2. The summed E-state index contributed by atoms with van der Waals surface area (Å²) in [6, 6.07) is 22.8. The maximum Gasteiger partial charge on any atom is 0.0710 e. The fraction of sp³-hybridized carbons (Fsp3) is 0.135. The van der Waals surface area contributed by atoms with Crippen molar-refractivity contribution in [2.75, 3.05) is 23.0 Å². The standard InChI is InChI=1S/C37H28N2S6/c1-3-27-31(22-6-10-24(11-7-22)35-37-29(19-45-35)41-15-17-43-37)26-13-12-25-30(20(2)38-32(25)33(26)39-27)21-4-8-23(9-5-21)34-36-28(18-44-34)40-14-16-42-36/h3-13,18-19,38-39H,2,14-17H2,1H3. The van der Waals surface area contributed by atoms with Gasteiger partial charge in [-0.15, -0.1) is 69.7 Å². The Labute approximate surface area is 286 Å². The molecule has 0 radical (unpaired) electrons. The lowest BCUT2D eigenvalue weighted by Crippen LogP contribution is -2.03. The molecule has 2 nitrogen and oxygen atoms in total. The molecular weight excluding hydrogens is 665 g/mol. The molecule has 2 aliphatic heterocycles. The number of rotatable bonds is 4. The highest BCUT2D eigenvalue weighted by molar-refractivity contribution is 8.06. The molecule has 0 unspecified atom stereocenters. The lowest BCUT2D eigenvalue weighted by atomic mass is 9.98. The number of hydrogen-bond acceptors (Lipinski definition) is 6. The molecular formula is C37H28N2S6. The molecule has 0 saturated carbocycles. The Morgan fingerprint density at radius 2 is 1.04 bits per heavy atom. The van der Waals surface area contributed by atoms with Crippen LogP contribution in [0.1, 0.15) is 6.92 Å². The molecule has 4 aromatic heterocycles. The zero-order valence-electron chi connectivity index (χ0n) is 24.5. The number of aromatic nitrogens is 2. The van der Waals surface area contributed by atoms with Gasteiger partial charge in [-0.05, 0) is 29.2 Å². The Morgan fingerprint density at radius 1 is 0.578 bits per heavy atom. The van der Waals surface area contributed by atoms with Gasteiger partial charge in [0.15, 0.2) is 0 Å². The summed E-state index contributed by atoms with van der Waals surface area (Å²) >= 11 is 11.7. The minimum Gasteiger partial charge on any atom is -0.353 e. The first-order valence-electron chi connectivity index (χ1n) is 15.0. The molecule has 9 rings (SSSR count). The molecule has 7 aromatic rings. The lowest BCUT2D eigenvalue weighted by Gasteiger charge is -2.12. The molecule has 0 spiro atoms. The van der Waals surface area contributed by atoms with Crippen LogP contribution in [0.25, 0.3) is 77.6 Å². The van der Waals surface area contributed by atoms with E-state index in [2.05, 4.69) is 101 Å². The number of aromatic amines is 2. The van der Waals surface area contributed by atoms with Gasteiger partial charge in [-0.2, -0.15) is 0 Å². The first-order valence-corrected chi connectivity index (χ1v) is 20.7. The van der Waals surface area contributed by atoms with E-state index < -0.39 is 0 Å². The average molecular weight is 693 g/mol. The van der Waals surface area contributed by atoms with Crippen molar-refractivity contribution in [2.24, 2.45) is 0 Å². The Morgan fingerprint density at radius 3 is 1.60 bits per heavy atom. The van der Waals surface area contributed by atoms with Gasteiger partial charge in [0.05, 0.1) is 11.0 Å². The largest absolute Gasteiger partial charge is 0.353 e. The van der Waals surface area contributed by atoms with Gasteiger partial charge in [0, 0.05) is 95.7 Å². The van der Waals surface area contributed by atoms with Crippen molar-refractivity contribution in [3.63, 3.8) is 0 Å². The first-order chi connectivity index (χ1) is 22.2. The summed E-state index contributed by atoms with van der Waals surface area (Å²) in [6.45, 7) is 6.57. The molecule has 45 heavy (non-hydrogen) atoms. The van der Waals surface area contributed by atoms with E-state index in [1.165, 1.54) is 96.5 Å². The fourth-order valence-corrected chi connectivity index (χ4v) is 14.2. The fourth-order valence-electron chi connectivity index (χ4n) is 6.56. The summed E-state index contributed by atoms with van der Waals surface area (Å²) in [4.78, 5) is 16.0. The van der Waals surface area contributed by atoms with Gasteiger partial charge in [0.25, 0.3) is 0 Å². The minimum absolute atomic E-state index is 0.948. The third kappa shape index (κ3) is 4.71. The van der Waals surface area contributed by atoms with Crippen LogP contribution in [0, 0.1) is 0 Å². The molecule has 0 atom stereocenters. The van der Waals surface area contributed by atoms with Crippen LogP contribution >= 0.6 is 69.7 Å². The Hall–Kier alpha value is -2.72. The van der Waals surface area contributed by atoms with Gasteiger partial charge < -0.3 is 9.97 Å². The van der Waals surface area contributed by atoms with Crippen molar-refractivity contribution in [3.8, 4) is 43.1 Å². The number of nitrogens with one attached hydrogen (secondary N) is 2. The monoisotopic (exact) mass is 692 g/mol. The molecule has 0 bridgehead atoms. The van der Waals surface area contributed by atoms with Gasteiger partial charge in [-0.1, -0.05) is 73.3 Å². The van der Waals surface area contributed by atoms with Crippen LogP contribution in [0.2, 0.25) is 0 Å². The van der Waals surface area contributed by atoms with E-state index in [0.717, 1.165) is 21.7 Å². The van der Waals surface area contributed by atoms with E-state index in [4.69, 9.17) is 0 Å². The number of thioether (sulfide) groups is 4. The van der Waals surface area contributed by atoms with Crippen molar-refractivity contribution < 1.29 is 0 Å². The molecule has 8 heteroatoms. The summed E-state index contributed by atoms with van der Waals surface area (Å²) in [5, 5.41) is 9.17. The molecule has 0 aliphatic carbocycles. The summed E-state index contributed by atoms with van der Waals surface area (Å²) in [5.41, 5.74) is 9.70. The quantitative estimate of drug-likeness (QED) is 0.192. The van der Waals surface area contributed by atoms with E-state index in [1.54, 1.807) is 0 Å². The van der Waals surface area contributed by atoms with Crippen LogP contribution in [0.15, 0.2) is 91.0 Å². The van der Waals surface area contributed by atoms with Gasteiger partial charge in [-0.25, -0.2) is 0 Å². The molecule has 2 N–H and O–H groups in total. The Bertz CT molecular complexity index is 2350. The van der Waals surface area contributed by atoms with Gasteiger partial charge in [0.1, 0.15) is 0 Å². The summed E-state index contributed by atoms with van der Waals surface area (Å²) < 4.78 is 0. The zero-order chi connectivity index (χ0) is 30.1. The van der Waals surface area contributed by atoms with Gasteiger partial charge >= 0.3 is 0 Å². The Balaban J connectivity index is 1.10. The van der Waals surface area contributed by atoms with Crippen LogP contribution in [0.3, 0.4) is 0 Å². The molecule has 0 saturated heterocycles. The van der Waals surface area contributed by atoms with Crippen LogP contribution in [-0.2, 0) is 0 Å². The van der Waals surface area contributed by atoms with Crippen LogP contribution in [0.5, 0.6) is 0 Å². The summed E-state index contributed by atoms with van der Waals surface area (Å²) in [7, 11) is 0. The number of benzene rings is 3. The van der Waals surface area contributed by atoms with Crippen LogP contribution in [0.4, 0.5) is 0 Å². The molecule has 3 aromatic carbocycles. The highest BCUT2D eigenvalue weighted by atomic mass is 32.2. The van der Waals surface area contributed by atoms with Crippen molar-refractivity contribution in [1.82, 2.24) is 9.97 Å². The van der Waals surface area contributed by atoms with Crippen molar-refractivity contribution in [2.45, 2.75) is 26.5 Å². The van der Waals surface area contributed by atoms with Crippen LogP contribution in [-0.4, -0.2) is 33.0 Å². The third-order valence-electron chi connectivity index (χ3n) is 8.61. The van der Waals surface area contributed by atoms with Crippen molar-refractivity contribution in [3.05, 3.63) is 82.1 Å². The predicted molar refractivity (Wildman–Crippen MR) is 205 cm³/mol. The lowest BCUT2D eigenvalue weighted by molar-refractivity contribution is 1.29.